The molecule has 0 unspecified atom stereocenters. The summed E-state index contributed by atoms with van der Waals surface area (Å²) in [5.74, 6) is 0.538. The quantitative estimate of drug-likeness (QED) is 0.181. The normalized spacial score (nSPS) is 15.0. The first-order chi connectivity index (χ1) is 18.6. The van der Waals surface area contributed by atoms with Crippen LogP contribution in [-0.4, -0.2) is 20.2 Å². The van der Waals surface area contributed by atoms with Gasteiger partial charge in [0.2, 0.25) is 0 Å². The Hall–Kier alpha value is -4.16. The van der Waals surface area contributed by atoms with Crippen LogP contribution in [0.15, 0.2) is 96.8 Å². The molecule has 4 aromatic heterocycles. The second kappa shape index (κ2) is 10.3. The number of aromatic amines is 2. The molecule has 0 aliphatic heterocycles. The lowest BCUT2D eigenvalue weighted by Crippen LogP contribution is -2.16. The number of nitrogens with one attached hydrogen (secondary N) is 3. The predicted molar refractivity (Wildman–Crippen MR) is 161 cm³/mol. The van der Waals surface area contributed by atoms with Crippen molar-refractivity contribution in [3.05, 3.63) is 102 Å². The van der Waals surface area contributed by atoms with Gasteiger partial charge in [0.05, 0.1) is 11.4 Å². The summed E-state index contributed by atoms with van der Waals surface area (Å²) in [4.78, 5) is 9.52. The highest BCUT2D eigenvalue weighted by molar-refractivity contribution is 7.13. The zero-order chi connectivity index (χ0) is 26.1. The van der Waals surface area contributed by atoms with Crippen molar-refractivity contribution < 1.29 is 0 Å². The van der Waals surface area contributed by atoms with Gasteiger partial charge in [0.15, 0.2) is 5.65 Å². The average molecular weight is 518 g/mol. The maximum Gasteiger partial charge on any atom is 0.181 e. The molecule has 1 saturated carbocycles. The van der Waals surface area contributed by atoms with Gasteiger partial charge in [-0.3, -0.25) is 5.10 Å². The highest BCUT2D eigenvalue weighted by Gasteiger charge is 2.19. The third-order valence-electron chi connectivity index (χ3n) is 7.46. The van der Waals surface area contributed by atoms with Crippen LogP contribution in [0.1, 0.15) is 38.2 Å². The number of hydrogen-bond acceptors (Lipinski definition) is 4. The van der Waals surface area contributed by atoms with Crippen LogP contribution < -0.4 is 5.32 Å². The molecule has 1 aromatic carbocycles. The first-order valence-electron chi connectivity index (χ1n) is 13.1. The molecule has 3 N–H and O–H groups in total. The van der Waals surface area contributed by atoms with Crippen LogP contribution in [0.25, 0.3) is 49.3 Å². The molecule has 5 nitrogen and oxygen atoms in total. The van der Waals surface area contributed by atoms with Crippen LogP contribution in [0.4, 0.5) is 0 Å². The lowest BCUT2D eigenvalue weighted by molar-refractivity contribution is 0.607. The number of aromatic nitrogens is 4. The zero-order valence-corrected chi connectivity index (χ0v) is 22.4. The van der Waals surface area contributed by atoms with Gasteiger partial charge >= 0.3 is 0 Å². The van der Waals surface area contributed by atoms with Crippen molar-refractivity contribution in [2.75, 3.05) is 0 Å². The topological polar surface area (TPSA) is 69.4 Å². The minimum Gasteiger partial charge on any atom is -0.359 e. The van der Waals surface area contributed by atoms with Crippen molar-refractivity contribution in [1.82, 2.24) is 25.5 Å². The van der Waals surface area contributed by atoms with E-state index in [1.165, 1.54) is 41.5 Å². The van der Waals surface area contributed by atoms with Crippen LogP contribution >= 0.6 is 11.3 Å². The highest BCUT2D eigenvalue weighted by Crippen LogP contribution is 2.36. The molecule has 0 saturated heterocycles. The van der Waals surface area contributed by atoms with Crippen LogP contribution in [0.2, 0.25) is 0 Å². The molecule has 6 rings (SSSR count). The molecule has 0 atom stereocenters. The Morgan fingerprint density at radius 3 is 2.76 bits per heavy atom. The number of thiophene rings is 1. The molecule has 4 heterocycles. The Morgan fingerprint density at radius 1 is 1.13 bits per heavy atom. The van der Waals surface area contributed by atoms with Crippen molar-refractivity contribution in [3.63, 3.8) is 0 Å². The molecule has 1 aliphatic carbocycles. The van der Waals surface area contributed by atoms with Crippen molar-refractivity contribution in [1.29, 1.82) is 0 Å². The summed E-state index contributed by atoms with van der Waals surface area (Å²) in [6.07, 6.45) is 12.9. The number of allylic oxidation sites excluding steroid dienone is 5. The molecule has 0 spiro atoms. The van der Waals surface area contributed by atoms with Crippen LogP contribution in [0, 0.1) is 5.92 Å². The smallest absolute Gasteiger partial charge is 0.181 e. The van der Waals surface area contributed by atoms with Crippen molar-refractivity contribution in [3.8, 4) is 21.8 Å². The van der Waals surface area contributed by atoms with E-state index in [2.05, 4.69) is 98.6 Å². The second-order valence-electron chi connectivity index (χ2n) is 9.80. The van der Waals surface area contributed by atoms with Crippen LogP contribution in [0.5, 0.6) is 0 Å². The van der Waals surface area contributed by atoms with Gasteiger partial charge in [-0.25, -0.2) is 4.98 Å². The average Bonchev–Trinajstić information content (AvgIpc) is 3.75. The SMILES string of the molecule is C=C/C(=C\C(=C/C)c1cnc2n[nH]c(-c3cc4c(-c5cccs5)cccc4[nH]3)c2c1)NC(=C)C1CCCC1. The van der Waals surface area contributed by atoms with Gasteiger partial charge < -0.3 is 10.3 Å². The molecule has 190 valence electrons. The maximum atomic E-state index is 4.68. The number of fused-ring (bicyclic) bond motifs is 2. The van der Waals surface area contributed by atoms with Gasteiger partial charge in [0, 0.05) is 49.9 Å². The van der Waals surface area contributed by atoms with Gasteiger partial charge in [-0.2, -0.15) is 5.10 Å². The molecule has 1 aliphatic rings. The molecule has 0 radical (unpaired) electrons. The number of pyridine rings is 1. The van der Waals surface area contributed by atoms with Gasteiger partial charge in [-0.05, 0) is 73.1 Å². The Morgan fingerprint density at radius 2 is 2.00 bits per heavy atom. The van der Waals surface area contributed by atoms with E-state index in [-0.39, 0.29) is 0 Å². The molecule has 0 amide bonds. The van der Waals surface area contributed by atoms with Crippen LogP contribution in [0.3, 0.4) is 0 Å². The molecule has 38 heavy (non-hydrogen) atoms. The van der Waals surface area contributed by atoms with Crippen molar-refractivity contribution in [2.45, 2.75) is 32.6 Å². The molecule has 5 aromatic rings. The summed E-state index contributed by atoms with van der Waals surface area (Å²) < 4.78 is 0. The minimum atomic E-state index is 0.538. The van der Waals surface area contributed by atoms with Gasteiger partial charge in [-0.15, -0.1) is 11.3 Å². The van der Waals surface area contributed by atoms with E-state index < -0.39 is 0 Å². The van der Waals surface area contributed by atoms with Gasteiger partial charge in [0.1, 0.15) is 0 Å². The first kappa shape index (κ1) is 24.2. The van der Waals surface area contributed by atoms with Gasteiger partial charge in [-0.1, -0.05) is 50.3 Å². The fourth-order valence-electron chi connectivity index (χ4n) is 5.41. The number of nitrogens with zero attached hydrogens (tertiary/aromatic N) is 2. The zero-order valence-electron chi connectivity index (χ0n) is 21.6. The summed E-state index contributed by atoms with van der Waals surface area (Å²) in [6.45, 7) is 10.4. The summed E-state index contributed by atoms with van der Waals surface area (Å²) in [6, 6.07) is 15.0. The van der Waals surface area contributed by atoms with Crippen LogP contribution in [-0.2, 0) is 0 Å². The van der Waals surface area contributed by atoms with Crippen molar-refractivity contribution in [2.24, 2.45) is 5.92 Å². The fraction of sp³-hybridized carbons (Fsp3) is 0.188. The third kappa shape index (κ3) is 4.52. The third-order valence-corrected chi connectivity index (χ3v) is 8.36. The Labute approximate surface area is 226 Å². The maximum absolute atomic E-state index is 4.68. The van der Waals surface area contributed by atoms with E-state index in [0.717, 1.165) is 44.8 Å². The van der Waals surface area contributed by atoms with E-state index in [1.54, 1.807) is 11.3 Å². The van der Waals surface area contributed by atoms with E-state index in [4.69, 9.17) is 0 Å². The number of rotatable bonds is 8. The lowest BCUT2D eigenvalue weighted by Gasteiger charge is -2.16. The lowest BCUT2D eigenvalue weighted by atomic mass is 10.0. The number of H-pyrrole nitrogens is 2. The Balaban J connectivity index is 1.35. The standard InChI is InChI=1S/C32H31N5S/c1-4-21(16-24(5-2)34-20(3)22-10-6-7-11-22)23-17-27-31(36-37-32(27)33-19-23)29-18-26-25(30-14-9-15-38-30)12-8-13-28(26)35-29/h4-5,8-9,12-19,22,34-35H,2-3,6-7,10-11H2,1H3,(H,33,36,37)/b21-4+,24-16+. The molecular weight excluding hydrogens is 486 g/mol. The fourth-order valence-corrected chi connectivity index (χ4v) is 6.17. The first-order valence-corrected chi connectivity index (χ1v) is 14.0. The number of benzene rings is 1. The van der Waals surface area contributed by atoms with E-state index in [9.17, 15) is 0 Å². The highest BCUT2D eigenvalue weighted by atomic mass is 32.1. The summed E-state index contributed by atoms with van der Waals surface area (Å²) >= 11 is 1.75. The monoisotopic (exact) mass is 517 g/mol. The summed E-state index contributed by atoms with van der Waals surface area (Å²) in [5.41, 5.74) is 9.04. The molecule has 1 fully saturated rings. The predicted octanol–water partition coefficient (Wildman–Crippen LogP) is 8.60. The molecular formula is C32H31N5S. The van der Waals surface area contributed by atoms with E-state index in [1.807, 2.05) is 19.2 Å². The van der Waals surface area contributed by atoms with Gasteiger partial charge in [0.25, 0.3) is 0 Å². The molecule has 6 heteroatoms. The van der Waals surface area contributed by atoms with E-state index in [0.29, 0.717) is 11.6 Å². The van der Waals surface area contributed by atoms with Crippen molar-refractivity contribution >= 4 is 38.8 Å². The largest absolute Gasteiger partial charge is 0.359 e. The summed E-state index contributed by atoms with van der Waals surface area (Å²) in [7, 11) is 0. The summed E-state index contributed by atoms with van der Waals surface area (Å²) in [5, 5.41) is 15.5. The Kier molecular flexibility index (Phi) is 6.56. The minimum absolute atomic E-state index is 0.538. The van der Waals surface area contributed by atoms with E-state index >= 15 is 0 Å². The second-order valence-corrected chi connectivity index (χ2v) is 10.7. The Bertz CT molecular complexity index is 1690. The number of hydrogen-bond donors (Lipinski definition) is 3. The molecule has 0 bridgehead atoms.